The van der Waals surface area contributed by atoms with Crippen molar-refractivity contribution in [2.75, 3.05) is 14.2 Å². The minimum absolute atomic E-state index is 0.544. The van der Waals surface area contributed by atoms with E-state index in [4.69, 9.17) is 0 Å². The second-order valence-electron chi connectivity index (χ2n) is 3.64. The van der Waals surface area contributed by atoms with E-state index >= 15 is 0 Å². The average molecular weight is 310 g/mol. The van der Waals surface area contributed by atoms with Crippen molar-refractivity contribution in [1.82, 2.24) is 5.32 Å². The first-order valence-electron chi connectivity index (χ1n) is 4.93. The monoisotopic (exact) mass is 310 g/mol. The number of nitrogens with zero attached hydrogens (tertiary/aromatic N) is 1. The molecule has 1 aliphatic heterocycles. The van der Waals surface area contributed by atoms with Crippen LogP contribution in [-0.2, 0) is 9.47 Å². The Labute approximate surface area is 108 Å². The number of rotatable bonds is 2. The van der Waals surface area contributed by atoms with Gasteiger partial charge in [0.25, 0.3) is 0 Å². The maximum Gasteiger partial charge on any atom is 0.435 e. The standard InChI is InChI=1S/C9H9F7N2O2/c1-19-4-3-5(20-2)18-6(17-4)7(10,8(11,12)13)9(14,15)16/h3,6,17H,1-2H3. The van der Waals surface area contributed by atoms with Crippen molar-refractivity contribution in [3.63, 3.8) is 0 Å². The van der Waals surface area contributed by atoms with Gasteiger partial charge in [-0.2, -0.15) is 26.3 Å². The van der Waals surface area contributed by atoms with Gasteiger partial charge in [0.2, 0.25) is 5.90 Å². The normalized spacial score (nSPS) is 20.8. The summed E-state index contributed by atoms with van der Waals surface area (Å²) < 4.78 is 97.9. The number of aliphatic imine (C=N–C) groups is 1. The Hall–Kier alpha value is -1.68. The van der Waals surface area contributed by atoms with Crippen LogP contribution in [0.25, 0.3) is 0 Å². The molecule has 4 nitrogen and oxygen atoms in total. The third-order valence-electron chi connectivity index (χ3n) is 2.42. The summed E-state index contributed by atoms with van der Waals surface area (Å²) >= 11 is 0. The van der Waals surface area contributed by atoms with Crippen LogP contribution in [0.5, 0.6) is 0 Å². The molecule has 11 heteroatoms. The molecule has 1 aliphatic rings. The van der Waals surface area contributed by atoms with E-state index in [-0.39, 0.29) is 0 Å². The summed E-state index contributed by atoms with van der Waals surface area (Å²) in [5, 5.41) is 1.58. The Kier molecular flexibility index (Phi) is 4.11. The summed E-state index contributed by atoms with van der Waals surface area (Å²) in [6, 6.07) is 0. The van der Waals surface area contributed by atoms with Crippen LogP contribution in [0.1, 0.15) is 0 Å². The van der Waals surface area contributed by atoms with Crippen LogP contribution in [0, 0.1) is 0 Å². The van der Waals surface area contributed by atoms with Gasteiger partial charge in [0, 0.05) is 0 Å². The molecule has 0 aliphatic carbocycles. The lowest BCUT2D eigenvalue weighted by Gasteiger charge is -2.36. The molecule has 0 spiro atoms. The Morgan fingerprint density at radius 1 is 1.00 bits per heavy atom. The summed E-state index contributed by atoms with van der Waals surface area (Å²) in [5.41, 5.74) is -5.60. The highest BCUT2D eigenvalue weighted by Crippen LogP contribution is 2.49. The van der Waals surface area contributed by atoms with Crippen molar-refractivity contribution in [3.8, 4) is 0 Å². The average Bonchev–Trinajstić information content (AvgIpc) is 2.34. The summed E-state index contributed by atoms with van der Waals surface area (Å²) in [6.45, 7) is 0. The van der Waals surface area contributed by atoms with Gasteiger partial charge in [0.1, 0.15) is 0 Å². The van der Waals surface area contributed by atoms with Crippen LogP contribution >= 0.6 is 0 Å². The van der Waals surface area contributed by atoms with Crippen molar-refractivity contribution >= 4 is 5.90 Å². The van der Waals surface area contributed by atoms with E-state index in [0.29, 0.717) is 0 Å². The fourth-order valence-electron chi connectivity index (χ4n) is 1.37. The predicted octanol–water partition coefficient (Wildman–Crippen LogP) is 2.28. The molecule has 0 aromatic heterocycles. The topological polar surface area (TPSA) is 42.9 Å². The van der Waals surface area contributed by atoms with Gasteiger partial charge in [-0.25, -0.2) is 9.38 Å². The molecule has 0 amide bonds. The van der Waals surface area contributed by atoms with Crippen molar-refractivity contribution in [1.29, 1.82) is 0 Å². The maximum atomic E-state index is 13.8. The summed E-state index contributed by atoms with van der Waals surface area (Å²) in [4.78, 5) is 2.92. The first kappa shape index (κ1) is 16.4. The van der Waals surface area contributed by atoms with E-state index in [1.54, 1.807) is 5.32 Å². The Morgan fingerprint density at radius 2 is 1.50 bits per heavy atom. The Morgan fingerprint density at radius 3 is 1.85 bits per heavy atom. The SMILES string of the molecule is COC1=CC(OC)=NC(C(F)(C(F)(F)F)C(F)(F)F)N1. The quantitative estimate of drug-likeness (QED) is 0.796. The minimum atomic E-state index is -6.23. The first-order chi connectivity index (χ1) is 8.97. The van der Waals surface area contributed by atoms with Crippen molar-refractivity contribution in [3.05, 3.63) is 12.0 Å². The molecule has 0 fully saturated rings. The van der Waals surface area contributed by atoms with Crippen molar-refractivity contribution in [2.24, 2.45) is 4.99 Å². The zero-order chi connectivity index (χ0) is 15.8. The van der Waals surface area contributed by atoms with Gasteiger partial charge in [-0.1, -0.05) is 0 Å². The molecular weight excluding hydrogens is 301 g/mol. The van der Waals surface area contributed by atoms with Gasteiger partial charge >= 0.3 is 18.0 Å². The predicted molar refractivity (Wildman–Crippen MR) is 52.4 cm³/mol. The largest absolute Gasteiger partial charge is 0.482 e. The highest BCUT2D eigenvalue weighted by atomic mass is 19.4. The Bertz CT molecular complexity index is 413. The van der Waals surface area contributed by atoms with E-state index in [1.807, 2.05) is 0 Å². The molecule has 0 saturated heterocycles. The van der Waals surface area contributed by atoms with E-state index in [0.717, 1.165) is 20.3 Å². The third-order valence-corrected chi connectivity index (χ3v) is 2.42. The molecular formula is C9H9F7N2O2. The van der Waals surface area contributed by atoms with Gasteiger partial charge < -0.3 is 14.8 Å². The number of methoxy groups -OCH3 is 2. The lowest BCUT2D eigenvalue weighted by Crippen LogP contribution is -2.65. The molecule has 1 atom stereocenters. The van der Waals surface area contributed by atoms with Crippen LogP contribution in [0.15, 0.2) is 17.0 Å². The fraction of sp³-hybridized carbons (Fsp3) is 0.667. The third kappa shape index (κ3) is 2.61. The van der Waals surface area contributed by atoms with E-state index < -0.39 is 36.0 Å². The Balaban J connectivity index is 3.31. The van der Waals surface area contributed by atoms with Crippen LogP contribution in [0.3, 0.4) is 0 Å². The first-order valence-corrected chi connectivity index (χ1v) is 4.93. The number of nitrogens with one attached hydrogen (secondary N) is 1. The second-order valence-corrected chi connectivity index (χ2v) is 3.64. The van der Waals surface area contributed by atoms with E-state index in [1.165, 1.54) is 0 Å². The second kappa shape index (κ2) is 5.02. The fourth-order valence-corrected chi connectivity index (χ4v) is 1.37. The van der Waals surface area contributed by atoms with Gasteiger partial charge in [-0.15, -0.1) is 0 Å². The van der Waals surface area contributed by atoms with Crippen molar-refractivity contribution in [2.45, 2.75) is 24.2 Å². The molecule has 0 aromatic rings. The van der Waals surface area contributed by atoms with E-state index in [9.17, 15) is 30.7 Å². The van der Waals surface area contributed by atoms with Crippen LogP contribution in [-0.4, -0.2) is 44.3 Å². The number of hydrogen-bond donors (Lipinski definition) is 1. The van der Waals surface area contributed by atoms with Gasteiger partial charge in [0.15, 0.2) is 12.0 Å². The number of ether oxygens (including phenoxy) is 2. The molecule has 1 rings (SSSR count). The lowest BCUT2D eigenvalue weighted by atomic mass is 10.0. The minimum Gasteiger partial charge on any atom is -0.482 e. The number of hydrogen-bond acceptors (Lipinski definition) is 4. The summed E-state index contributed by atoms with van der Waals surface area (Å²) in [7, 11) is 1.92. The van der Waals surface area contributed by atoms with E-state index in [2.05, 4.69) is 14.5 Å². The highest BCUT2D eigenvalue weighted by molar-refractivity contribution is 5.88. The molecule has 0 bridgehead atoms. The molecule has 0 aromatic carbocycles. The van der Waals surface area contributed by atoms with Gasteiger partial charge in [-0.05, 0) is 0 Å². The van der Waals surface area contributed by atoms with Crippen LogP contribution in [0.2, 0.25) is 0 Å². The molecule has 0 saturated carbocycles. The summed E-state index contributed by atoms with van der Waals surface area (Å²) in [6.07, 6.45) is -14.6. The molecule has 1 heterocycles. The lowest BCUT2D eigenvalue weighted by molar-refractivity contribution is -0.349. The zero-order valence-corrected chi connectivity index (χ0v) is 10.1. The molecule has 1 unspecified atom stereocenters. The molecule has 20 heavy (non-hydrogen) atoms. The molecule has 1 N–H and O–H groups in total. The van der Waals surface area contributed by atoms with Crippen LogP contribution in [0.4, 0.5) is 30.7 Å². The summed E-state index contributed by atoms with van der Waals surface area (Å²) in [5.74, 6) is -1.18. The highest BCUT2D eigenvalue weighted by Gasteiger charge is 2.77. The molecule has 116 valence electrons. The van der Waals surface area contributed by atoms with Gasteiger partial charge in [0.05, 0.1) is 20.3 Å². The zero-order valence-electron chi connectivity index (χ0n) is 10.1. The van der Waals surface area contributed by atoms with Crippen LogP contribution < -0.4 is 5.32 Å². The van der Waals surface area contributed by atoms with Crippen molar-refractivity contribution < 1.29 is 40.2 Å². The maximum absolute atomic E-state index is 13.8. The smallest absolute Gasteiger partial charge is 0.435 e. The molecule has 0 radical (unpaired) electrons. The van der Waals surface area contributed by atoms with Gasteiger partial charge in [-0.3, -0.25) is 0 Å². The number of alkyl halides is 7. The number of halogens is 7.